The zero-order valence-corrected chi connectivity index (χ0v) is 18.4. The monoisotopic (exact) mass is 509 g/mol. The lowest BCUT2D eigenvalue weighted by Gasteiger charge is -2.16. The number of rotatable bonds is 5. The van der Waals surface area contributed by atoms with Gasteiger partial charge in [-0.1, -0.05) is 11.6 Å². The van der Waals surface area contributed by atoms with Crippen molar-refractivity contribution in [3.8, 4) is 17.1 Å². The zero-order valence-electron chi connectivity index (χ0n) is 17.6. The molecule has 0 radical (unpaired) electrons. The minimum Gasteiger partial charge on any atom is -0.474 e. The van der Waals surface area contributed by atoms with E-state index in [0.717, 1.165) is 6.92 Å². The van der Waals surface area contributed by atoms with Crippen LogP contribution in [0.4, 0.5) is 27.6 Å². The van der Waals surface area contributed by atoms with Gasteiger partial charge < -0.3 is 14.5 Å². The van der Waals surface area contributed by atoms with Crippen molar-refractivity contribution < 1.29 is 35.9 Å². The molecule has 1 amide bonds. The van der Waals surface area contributed by atoms with Crippen molar-refractivity contribution in [2.45, 2.75) is 13.0 Å². The van der Waals surface area contributed by atoms with Crippen LogP contribution in [0.1, 0.15) is 6.92 Å². The van der Waals surface area contributed by atoms with Gasteiger partial charge in [0, 0.05) is 22.3 Å². The zero-order chi connectivity index (χ0) is 25.4. The van der Waals surface area contributed by atoms with E-state index in [9.17, 15) is 31.5 Å². The summed E-state index contributed by atoms with van der Waals surface area (Å²) in [5, 5.41) is 2.98. The van der Waals surface area contributed by atoms with Gasteiger partial charge in [0.25, 0.3) is 5.91 Å². The first-order valence-electron chi connectivity index (χ1n) is 9.89. The first kappa shape index (κ1) is 24.2. The minimum absolute atomic E-state index is 0.0990. The van der Waals surface area contributed by atoms with Crippen LogP contribution < -0.4 is 15.5 Å². The molecule has 0 spiro atoms. The lowest BCUT2D eigenvalue weighted by Crippen LogP contribution is -2.31. The molecule has 1 heterocycles. The van der Waals surface area contributed by atoms with E-state index < -0.39 is 52.3 Å². The molecule has 1 N–H and O–H groups in total. The van der Waals surface area contributed by atoms with E-state index in [1.807, 2.05) is 0 Å². The highest BCUT2D eigenvalue weighted by Gasteiger charge is 2.29. The van der Waals surface area contributed by atoms with Crippen molar-refractivity contribution in [3.05, 3.63) is 92.9 Å². The Morgan fingerprint density at radius 1 is 0.914 bits per heavy atom. The van der Waals surface area contributed by atoms with Crippen molar-refractivity contribution >= 4 is 34.2 Å². The summed E-state index contributed by atoms with van der Waals surface area (Å²) in [6.07, 6.45) is -1.66. The molecular formula is C24H13ClF5NO4. The molecule has 0 aliphatic rings. The highest BCUT2D eigenvalue weighted by atomic mass is 35.5. The maximum absolute atomic E-state index is 13.8. The predicted octanol–water partition coefficient (Wildman–Crippen LogP) is 6.21. The van der Waals surface area contributed by atoms with E-state index in [0.29, 0.717) is 16.3 Å². The maximum Gasteiger partial charge on any atom is 0.265 e. The first-order valence-corrected chi connectivity index (χ1v) is 10.3. The molecule has 5 nitrogen and oxygen atoms in total. The predicted molar refractivity (Wildman–Crippen MR) is 118 cm³/mol. The van der Waals surface area contributed by atoms with Gasteiger partial charge in [-0.3, -0.25) is 9.59 Å². The number of amides is 1. The lowest BCUT2D eigenvalue weighted by molar-refractivity contribution is -0.122. The number of anilines is 1. The van der Waals surface area contributed by atoms with Crippen LogP contribution >= 0.6 is 11.6 Å². The molecule has 0 aliphatic carbocycles. The highest BCUT2D eigenvalue weighted by Crippen LogP contribution is 2.30. The van der Waals surface area contributed by atoms with Crippen LogP contribution in [0.15, 0.2) is 57.7 Å². The summed E-state index contributed by atoms with van der Waals surface area (Å²) in [5.74, 6) is -13.4. The molecule has 4 rings (SSSR count). The van der Waals surface area contributed by atoms with Crippen molar-refractivity contribution in [3.63, 3.8) is 0 Å². The maximum atomic E-state index is 13.8. The van der Waals surface area contributed by atoms with E-state index in [2.05, 4.69) is 5.32 Å². The fraction of sp³-hybridized carbons (Fsp3) is 0.0833. The van der Waals surface area contributed by atoms with Gasteiger partial charge in [0.05, 0.1) is 5.39 Å². The van der Waals surface area contributed by atoms with Crippen LogP contribution in [0.25, 0.3) is 22.3 Å². The van der Waals surface area contributed by atoms with Crippen LogP contribution in [0.2, 0.25) is 5.02 Å². The van der Waals surface area contributed by atoms with Crippen LogP contribution in [-0.4, -0.2) is 12.0 Å². The average molecular weight is 510 g/mol. The fourth-order valence-corrected chi connectivity index (χ4v) is 3.28. The van der Waals surface area contributed by atoms with Gasteiger partial charge in [-0.05, 0) is 49.4 Å². The van der Waals surface area contributed by atoms with Crippen LogP contribution in [0.5, 0.6) is 5.75 Å². The van der Waals surface area contributed by atoms with Crippen LogP contribution in [0, 0.1) is 29.1 Å². The standard InChI is InChI=1S/C24H13ClF5NO4/c1-10(34-23-21(29)19(27)18(26)20(28)22(23)30)24(33)31-13-6-7-16-14(8-13)15(32)9-17(35-16)11-2-4-12(25)5-3-11/h2-10H,1H3,(H,31,33). The molecule has 1 unspecified atom stereocenters. The Kier molecular flexibility index (Phi) is 6.49. The quantitative estimate of drug-likeness (QED) is 0.197. The third kappa shape index (κ3) is 4.69. The Morgan fingerprint density at radius 2 is 1.51 bits per heavy atom. The number of hydrogen-bond donors (Lipinski definition) is 1. The number of nitrogens with one attached hydrogen (secondary N) is 1. The second-order valence-corrected chi connectivity index (χ2v) is 7.78. The smallest absolute Gasteiger partial charge is 0.265 e. The van der Waals surface area contributed by atoms with Gasteiger partial charge in [-0.2, -0.15) is 8.78 Å². The molecule has 0 bridgehead atoms. The summed E-state index contributed by atoms with van der Waals surface area (Å²) in [7, 11) is 0. The number of hydrogen-bond acceptors (Lipinski definition) is 4. The van der Waals surface area contributed by atoms with Crippen molar-refractivity contribution in [2.75, 3.05) is 5.32 Å². The van der Waals surface area contributed by atoms with E-state index >= 15 is 0 Å². The normalized spacial score (nSPS) is 12.0. The second-order valence-electron chi connectivity index (χ2n) is 7.34. The van der Waals surface area contributed by atoms with Gasteiger partial charge in [-0.25, -0.2) is 13.2 Å². The molecule has 0 saturated heterocycles. The van der Waals surface area contributed by atoms with E-state index in [1.54, 1.807) is 24.3 Å². The molecule has 3 aromatic carbocycles. The largest absolute Gasteiger partial charge is 0.474 e. The summed E-state index contributed by atoms with van der Waals surface area (Å²) >= 11 is 5.87. The third-order valence-electron chi connectivity index (χ3n) is 4.96. The van der Waals surface area contributed by atoms with Crippen molar-refractivity contribution in [1.29, 1.82) is 0 Å². The summed E-state index contributed by atoms with van der Waals surface area (Å²) in [4.78, 5) is 25.0. The first-order chi connectivity index (χ1) is 16.6. The SMILES string of the molecule is CC(Oc1c(F)c(F)c(F)c(F)c1F)C(=O)Nc1ccc2oc(-c3ccc(Cl)cc3)cc(=O)c2c1. The summed E-state index contributed by atoms with van der Waals surface area (Å²) < 4.78 is 78.0. The molecule has 0 saturated carbocycles. The van der Waals surface area contributed by atoms with Crippen molar-refractivity contribution in [1.82, 2.24) is 0 Å². The van der Waals surface area contributed by atoms with E-state index in [-0.39, 0.29) is 16.7 Å². The average Bonchev–Trinajstić information content (AvgIpc) is 2.84. The van der Waals surface area contributed by atoms with E-state index in [1.165, 1.54) is 24.3 Å². The molecule has 1 aromatic heterocycles. The molecular weight excluding hydrogens is 497 g/mol. The highest BCUT2D eigenvalue weighted by molar-refractivity contribution is 6.30. The minimum atomic E-state index is -2.35. The molecule has 0 fully saturated rings. The Labute approximate surface area is 198 Å². The number of benzene rings is 3. The van der Waals surface area contributed by atoms with Gasteiger partial charge in [-0.15, -0.1) is 0 Å². The molecule has 35 heavy (non-hydrogen) atoms. The Morgan fingerprint density at radius 3 is 2.14 bits per heavy atom. The molecule has 180 valence electrons. The van der Waals surface area contributed by atoms with Crippen LogP contribution in [-0.2, 0) is 4.79 Å². The Balaban J connectivity index is 1.56. The summed E-state index contributed by atoms with van der Waals surface area (Å²) in [6, 6.07) is 12.0. The summed E-state index contributed by atoms with van der Waals surface area (Å²) in [5.41, 5.74) is 0.510. The van der Waals surface area contributed by atoms with E-state index in [4.69, 9.17) is 20.8 Å². The van der Waals surface area contributed by atoms with Crippen LogP contribution in [0.3, 0.4) is 0 Å². The summed E-state index contributed by atoms with van der Waals surface area (Å²) in [6.45, 7) is 1.04. The lowest BCUT2D eigenvalue weighted by atomic mass is 10.1. The molecule has 4 aromatic rings. The van der Waals surface area contributed by atoms with Crippen molar-refractivity contribution in [2.24, 2.45) is 0 Å². The second kappa shape index (κ2) is 9.38. The Hall–Kier alpha value is -3.92. The topological polar surface area (TPSA) is 68.5 Å². The van der Waals surface area contributed by atoms with Gasteiger partial charge in [0.15, 0.2) is 17.3 Å². The number of ether oxygens (including phenoxy) is 1. The number of carbonyl (C=O) groups excluding carboxylic acids is 1. The number of carbonyl (C=O) groups is 1. The third-order valence-corrected chi connectivity index (χ3v) is 5.21. The fourth-order valence-electron chi connectivity index (χ4n) is 3.15. The van der Waals surface area contributed by atoms with Gasteiger partial charge in [0.1, 0.15) is 11.3 Å². The number of fused-ring (bicyclic) bond motifs is 1. The number of halogens is 6. The molecule has 1 atom stereocenters. The van der Waals surface area contributed by atoms with Gasteiger partial charge in [0.2, 0.25) is 29.1 Å². The molecule has 11 heteroatoms. The molecule has 0 aliphatic heterocycles. The Bertz CT molecular complexity index is 1490. The van der Waals surface area contributed by atoms with Gasteiger partial charge >= 0.3 is 0 Å².